The second kappa shape index (κ2) is 7.29. The van der Waals surface area contributed by atoms with Crippen molar-refractivity contribution < 1.29 is 19.1 Å². The molecule has 0 bridgehead atoms. The maximum absolute atomic E-state index is 12.2. The normalized spacial score (nSPS) is 23.4. The van der Waals surface area contributed by atoms with Gasteiger partial charge in [0, 0.05) is 11.9 Å². The largest absolute Gasteiger partial charge is 0.467 e. The van der Waals surface area contributed by atoms with Crippen LogP contribution in [0.15, 0.2) is 0 Å². The molecular formula is C14H24BrNO4. The van der Waals surface area contributed by atoms with Gasteiger partial charge in [-0.25, -0.2) is 9.59 Å². The summed E-state index contributed by atoms with van der Waals surface area (Å²) in [6.07, 6.45) is 2.08. The number of halogens is 1. The highest BCUT2D eigenvalue weighted by atomic mass is 79.9. The summed E-state index contributed by atoms with van der Waals surface area (Å²) >= 11 is 3.42. The lowest BCUT2D eigenvalue weighted by Crippen LogP contribution is -2.52. The van der Waals surface area contributed by atoms with Crippen LogP contribution in [0.25, 0.3) is 0 Å². The first-order valence-corrected chi connectivity index (χ1v) is 8.04. The van der Waals surface area contributed by atoms with Crippen LogP contribution >= 0.6 is 15.9 Å². The molecule has 0 aromatic heterocycles. The Hall–Kier alpha value is -0.780. The number of methoxy groups -OCH3 is 1. The van der Waals surface area contributed by atoms with E-state index in [0.717, 1.165) is 18.2 Å². The van der Waals surface area contributed by atoms with E-state index < -0.39 is 17.7 Å². The summed E-state index contributed by atoms with van der Waals surface area (Å²) in [4.78, 5) is 25.6. The monoisotopic (exact) mass is 349 g/mol. The molecule has 0 unspecified atom stereocenters. The van der Waals surface area contributed by atoms with Gasteiger partial charge in [-0.2, -0.15) is 0 Å². The van der Waals surface area contributed by atoms with Crippen LogP contribution in [0.3, 0.4) is 0 Å². The molecule has 6 heteroatoms. The van der Waals surface area contributed by atoms with Gasteiger partial charge in [-0.1, -0.05) is 15.9 Å². The molecule has 0 N–H and O–H groups in total. The predicted molar refractivity (Wildman–Crippen MR) is 79.9 cm³/mol. The van der Waals surface area contributed by atoms with Gasteiger partial charge in [0.15, 0.2) is 0 Å². The van der Waals surface area contributed by atoms with Crippen LogP contribution in [-0.4, -0.2) is 47.6 Å². The zero-order chi connectivity index (χ0) is 15.3. The molecule has 0 spiro atoms. The minimum atomic E-state index is -0.565. The quantitative estimate of drug-likeness (QED) is 0.580. The van der Waals surface area contributed by atoms with Crippen molar-refractivity contribution in [2.45, 2.75) is 51.7 Å². The highest BCUT2D eigenvalue weighted by Gasteiger charge is 2.38. The van der Waals surface area contributed by atoms with E-state index in [-0.39, 0.29) is 5.97 Å². The third kappa shape index (κ3) is 4.96. The lowest BCUT2D eigenvalue weighted by molar-refractivity contribution is -0.148. The van der Waals surface area contributed by atoms with Crippen molar-refractivity contribution in [3.05, 3.63) is 0 Å². The summed E-state index contributed by atoms with van der Waals surface area (Å²) in [7, 11) is 1.35. The van der Waals surface area contributed by atoms with E-state index in [2.05, 4.69) is 15.9 Å². The number of piperidine rings is 1. The number of amides is 1. The fraction of sp³-hybridized carbons (Fsp3) is 0.857. The van der Waals surface area contributed by atoms with Crippen LogP contribution in [0.1, 0.15) is 40.0 Å². The summed E-state index contributed by atoms with van der Waals surface area (Å²) in [6.45, 7) is 5.98. The Morgan fingerprint density at radius 1 is 1.35 bits per heavy atom. The molecule has 1 aliphatic heterocycles. The van der Waals surface area contributed by atoms with Crippen molar-refractivity contribution in [2.75, 3.05) is 19.0 Å². The van der Waals surface area contributed by atoms with Crippen molar-refractivity contribution in [3.8, 4) is 0 Å². The van der Waals surface area contributed by atoms with Crippen molar-refractivity contribution in [1.29, 1.82) is 0 Å². The van der Waals surface area contributed by atoms with Crippen molar-refractivity contribution in [3.63, 3.8) is 0 Å². The topological polar surface area (TPSA) is 55.8 Å². The molecule has 0 saturated carbocycles. The lowest BCUT2D eigenvalue weighted by Gasteiger charge is -2.38. The third-order valence-corrected chi connectivity index (χ3v) is 3.79. The van der Waals surface area contributed by atoms with E-state index >= 15 is 0 Å². The Kier molecular flexibility index (Phi) is 6.30. The Morgan fingerprint density at radius 2 is 2.00 bits per heavy atom. The summed E-state index contributed by atoms with van der Waals surface area (Å²) in [5.41, 5.74) is -0.565. The number of rotatable bonds is 3. The van der Waals surface area contributed by atoms with Gasteiger partial charge in [-0.3, -0.25) is 4.90 Å². The van der Waals surface area contributed by atoms with Gasteiger partial charge >= 0.3 is 12.1 Å². The van der Waals surface area contributed by atoms with Gasteiger partial charge in [-0.05, 0) is 46.0 Å². The smallest absolute Gasteiger partial charge is 0.411 e. The Bertz CT molecular complexity index is 354. The number of nitrogens with zero attached hydrogens (tertiary/aromatic N) is 1. The number of ether oxygens (including phenoxy) is 2. The van der Waals surface area contributed by atoms with E-state index in [4.69, 9.17) is 9.47 Å². The lowest BCUT2D eigenvalue weighted by atomic mass is 9.89. The van der Waals surface area contributed by atoms with Gasteiger partial charge < -0.3 is 9.47 Å². The maximum atomic E-state index is 12.2. The average Bonchev–Trinajstić information content (AvgIpc) is 2.36. The first-order chi connectivity index (χ1) is 9.28. The molecule has 1 fully saturated rings. The van der Waals surface area contributed by atoms with Crippen LogP contribution in [0.2, 0.25) is 0 Å². The molecule has 1 aliphatic rings. The Morgan fingerprint density at radius 3 is 2.50 bits per heavy atom. The molecule has 0 aromatic carbocycles. The van der Waals surface area contributed by atoms with Crippen molar-refractivity contribution in [2.24, 2.45) is 5.92 Å². The van der Waals surface area contributed by atoms with Gasteiger partial charge in [0.1, 0.15) is 11.6 Å². The van der Waals surface area contributed by atoms with E-state index in [1.807, 2.05) is 20.8 Å². The molecule has 5 nitrogen and oxygen atoms in total. The fourth-order valence-electron chi connectivity index (χ4n) is 2.35. The van der Waals surface area contributed by atoms with Crippen molar-refractivity contribution >= 4 is 28.0 Å². The second-order valence-electron chi connectivity index (χ2n) is 6.08. The highest BCUT2D eigenvalue weighted by molar-refractivity contribution is 9.09. The number of carbonyl (C=O) groups is 2. The summed E-state index contributed by atoms with van der Waals surface area (Å²) < 4.78 is 10.2. The van der Waals surface area contributed by atoms with E-state index in [0.29, 0.717) is 18.9 Å². The Labute approximate surface area is 129 Å². The number of carbonyl (C=O) groups excluding carboxylic acids is 2. The van der Waals surface area contributed by atoms with Crippen LogP contribution < -0.4 is 0 Å². The summed E-state index contributed by atoms with van der Waals surface area (Å²) in [6, 6.07) is -0.535. The zero-order valence-electron chi connectivity index (χ0n) is 12.6. The number of hydrogen-bond donors (Lipinski definition) is 0. The number of hydrogen-bond acceptors (Lipinski definition) is 4. The van der Waals surface area contributed by atoms with Crippen LogP contribution in [0.5, 0.6) is 0 Å². The van der Waals surface area contributed by atoms with Crippen LogP contribution in [0, 0.1) is 5.92 Å². The van der Waals surface area contributed by atoms with Gasteiger partial charge in [0.05, 0.1) is 7.11 Å². The number of alkyl halides is 1. The van der Waals surface area contributed by atoms with Crippen molar-refractivity contribution in [1.82, 2.24) is 4.90 Å². The molecule has 20 heavy (non-hydrogen) atoms. The SMILES string of the molecule is COC(=O)[C@@H]1C[C@H](CCBr)CCN1C(=O)OC(C)(C)C. The molecule has 1 heterocycles. The van der Waals surface area contributed by atoms with Gasteiger partial charge in [-0.15, -0.1) is 0 Å². The first kappa shape index (κ1) is 17.3. The van der Waals surface area contributed by atoms with Gasteiger partial charge in [0.25, 0.3) is 0 Å². The van der Waals surface area contributed by atoms with E-state index in [9.17, 15) is 9.59 Å². The molecule has 1 saturated heterocycles. The highest BCUT2D eigenvalue weighted by Crippen LogP contribution is 2.28. The number of esters is 1. The van der Waals surface area contributed by atoms with Gasteiger partial charge in [0.2, 0.25) is 0 Å². The third-order valence-electron chi connectivity index (χ3n) is 3.33. The standard InChI is InChI=1S/C14H24BrNO4/c1-14(2,3)20-13(18)16-8-6-10(5-7-15)9-11(16)12(17)19-4/h10-11H,5-9H2,1-4H3/t10-,11+/m1/s1. The minimum Gasteiger partial charge on any atom is -0.467 e. The molecule has 1 amide bonds. The van der Waals surface area contributed by atoms with E-state index in [1.54, 1.807) is 0 Å². The number of likely N-dealkylation sites (tertiary alicyclic amines) is 1. The molecule has 2 atom stereocenters. The summed E-state index contributed by atoms with van der Waals surface area (Å²) in [5, 5.41) is 0.901. The van der Waals surface area contributed by atoms with Crippen LogP contribution in [-0.2, 0) is 14.3 Å². The second-order valence-corrected chi connectivity index (χ2v) is 6.87. The maximum Gasteiger partial charge on any atom is 0.411 e. The molecule has 0 aliphatic carbocycles. The minimum absolute atomic E-state index is 0.366. The average molecular weight is 350 g/mol. The first-order valence-electron chi connectivity index (χ1n) is 6.92. The zero-order valence-corrected chi connectivity index (χ0v) is 14.2. The fourth-order valence-corrected chi connectivity index (χ4v) is 3.00. The predicted octanol–water partition coefficient (Wildman–Crippen LogP) is 2.96. The van der Waals surface area contributed by atoms with E-state index in [1.165, 1.54) is 12.0 Å². The Balaban J connectivity index is 2.77. The molecule has 116 valence electrons. The molecule has 1 rings (SSSR count). The van der Waals surface area contributed by atoms with Crippen LogP contribution in [0.4, 0.5) is 4.79 Å². The summed E-state index contributed by atoms with van der Waals surface area (Å²) in [5.74, 6) is 0.0623. The molecular weight excluding hydrogens is 326 g/mol. The molecule has 0 radical (unpaired) electrons. The molecule has 0 aromatic rings.